The number of ether oxygens (including phenoxy) is 1. The van der Waals surface area contributed by atoms with Gasteiger partial charge in [-0.05, 0) is 24.8 Å². The molecule has 0 spiro atoms. The molecule has 2 atom stereocenters. The lowest BCUT2D eigenvalue weighted by Gasteiger charge is -2.34. The molecular formula is C23H31N3O4. The summed E-state index contributed by atoms with van der Waals surface area (Å²) in [5.74, 6) is -0.284. The molecule has 1 aromatic rings. The van der Waals surface area contributed by atoms with E-state index in [0.717, 1.165) is 31.2 Å². The van der Waals surface area contributed by atoms with Gasteiger partial charge in [0, 0.05) is 25.6 Å². The second kappa shape index (κ2) is 9.60. The highest BCUT2D eigenvalue weighted by Crippen LogP contribution is 2.25. The fraction of sp³-hybridized carbons (Fsp3) is 0.609. The number of rotatable bonds is 5. The van der Waals surface area contributed by atoms with E-state index in [9.17, 15) is 14.4 Å². The minimum absolute atomic E-state index is 0.00890. The van der Waals surface area contributed by atoms with Gasteiger partial charge in [-0.2, -0.15) is 0 Å². The summed E-state index contributed by atoms with van der Waals surface area (Å²) in [5.41, 5.74) is 1.07. The normalized spacial score (nSPS) is 25.9. The molecule has 0 bridgehead atoms. The van der Waals surface area contributed by atoms with Gasteiger partial charge in [-0.25, -0.2) is 0 Å². The number of amides is 3. The molecule has 0 radical (unpaired) electrons. The Morgan fingerprint density at radius 2 is 1.80 bits per heavy atom. The van der Waals surface area contributed by atoms with E-state index in [2.05, 4.69) is 5.32 Å². The molecule has 1 saturated carbocycles. The standard InChI is InChI=1S/C23H31N3O4/c27-21-12-11-20(24-21)23(29)25-13-19(30-16-17-7-3-1-4-8-17)14-26(22(28)15-25)18-9-5-2-6-10-18/h1,3-4,7-8,18-20H,2,5-6,9-16H2,(H,24,27)/t19?,20-/m0/s1. The minimum Gasteiger partial charge on any atom is -0.370 e. The lowest BCUT2D eigenvalue weighted by Crippen LogP contribution is -2.48. The largest absolute Gasteiger partial charge is 0.370 e. The van der Waals surface area contributed by atoms with E-state index in [1.54, 1.807) is 4.90 Å². The van der Waals surface area contributed by atoms with E-state index in [1.807, 2.05) is 35.2 Å². The molecule has 3 fully saturated rings. The van der Waals surface area contributed by atoms with E-state index in [1.165, 1.54) is 6.42 Å². The van der Waals surface area contributed by atoms with E-state index < -0.39 is 6.04 Å². The van der Waals surface area contributed by atoms with Crippen molar-refractivity contribution in [3.8, 4) is 0 Å². The molecule has 30 heavy (non-hydrogen) atoms. The summed E-state index contributed by atoms with van der Waals surface area (Å²) in [6.07, 6.45) is 6.14. The van der Waals surface area contributed by atoms with Crippen molar-refractivity contribution in [2.75, 3.05) is 19.6 Å². The Balaban J connectivity index is 1.48. The third-order valence-electron chi connectivity index (χ3n) is 6.42. The first-order valence-corrected chi connectivity index (χ1v) is 11.1. The van der Waals surface area contributed by atoms with Gasteiger partial charge in [0.2, 0.25) is 17.7 Å². The van der Waals surface area contributed by atoms with Crippen molar-refractivity contribution in [3.63, 3.8) is 0 Å². The molecule has 1 unspecified atom stereocenters. The highest BCUT2D eigenvalue weighted by molar-refractivity contribution is 5.93. The number of hydrogen-bond donors (Lipinski definition) is 1. The van der Waals surface area contributed by atoms with Crippen LogP contribution < -0.4 is 5.32 Å². The molecule has 7 heteroatoms. The zero-order valence-corrected chi connectivity index (χ0v) is 17.4. The molecular weight excluding hydrogens is 382 g/mol. The molecule has 0 aromatic heterocycles. The minimum atomic E-state index is -0.527. The Morgan fingerprint density at radius 3 is 2.50 bits per heavy atom. The average Bonchev–Trinajstić information content (AvgIpc) is 3.14. The van der Waals surface area contributed by atoms with Crippen molar-refractivity contribution in [1.29, 1.82) is 0 Å². The smallest absolute Gasteiger partial charge is 0.245 e. The summed E-state index contributed by atoms with van der Waals surface area (Å²) in [4.78, 5) is 41.3. The molecule has 162 valence electrons. The van der Waals surface area contributed by atoms with Crippen molar-refractivity contribution in [3.05, 3.63) is 35.9 Å². The van der Waals surface area contributed by atoms with Gasteiger partial charge in [0.1, 0.15) is 6.04 Å². The van der Waals surface area contributed by atoms with Crippen LogP contribution in [0, 0.1) is 0 Å². The fourth-order valence-electron chi connectivity index (χ4n) is 4.77. The van der Waals surface area contributed by atoms with Crippen LogP contribution in [-0.4, -0.2) is 65.3 Å². The molecule has 2 heterocycles. The summed E-state index contributed by atoms with van der Waals surface area (Å²) in [5, 5.41) is 2.74. The molecule has 7 nitrogen and oxygen atoms in total. The Hall–Kier alpha value is -2.41. The van der Waals surface area contributed by atoms with Gasteiger partial charge >= 0.3 is 0 Å². The van der Waals surface area contributed by atoms with Crippen molar-refractivity contribution in [2.24, 2.45) is 0 Å². The summed E-state index contributed by atoms with van der Waals surface area (Å²) in [6, 6.07) is 9.64. The number of carbonyl (C=O) groups is 3. The summed E-state index contributed by atoms with van der Waals surface area (Å²) in [7, 11) is 0. The maximum Gasteiger partial charge on any atom is 0.245 e. The average molecular weight is 414 g/mol. The van der Waals surface area contributed by atoms with Crippen LogP contribution in [0.5, 0.6) is 0 Å². The van der Waals surface area contributed by atoms with Crippen LogP contribution in [0.3, 0.4) is 0 Å². The quantitative estimate of drug-likeness (QED) is 0.799. The Kier molecular flexibility index (Phi) is 6.67. The van der Waals surface area contributed by atoms with E-state index in [4.69, 9.17) is 4.74 Å². The number of benzene rings is 1. The molecule has 2 saturated heterocycles. The SMILES string of the molecule is O=C1CC[C@@H](C(=O)N2CC(=O)N(C3CCCCC3)CC(OCc3ccccc3)C2)N1. The topological polar surface area (TPSA) is 79.0 Å². The maximum atomic E-state index is 13.1. The highest BCUT2D eigenvalue weighted by atomic mass is 16.5. The van der Waals surface area contributed by atoms with Gasteiger partial charge < -0.3 is 19.9 Å². The van der Waals surface area contributed by atoms with Gasteiger partial charge in [-0.3, -0.25) is 14.4 Å². The maximum absolute atomic E-state index is 13.1. The lowest BCUT2D eigenvalue weighted by atomic mass is 9.94. The first-order valence-electron chi connectivity index (χ1n) is 11.1. The van der Waals surface area contributed by atoms with Crippen molar-refractivity contribution >= 4 is 17.7 Å². The van der Waals surface area contributed by atoms with Gasteiger partial charge in [0.25, 0.3) is 0 Å². The van der Waals surface area contributed by atoms with Crippen LogP contribution in [0.25, 0.3) is 0 Å². The molecule has 1 N–H and O–H groups in total. The Morgan fingerprint density at radius 1 is 1.03 bits per heavy atom. The summed E-state index contributed by atoms with van der Waals surface area (Å²) >= 11 is 0. The second-order valence-electron chi connectivity index (χ2n) is 8.63. The molecule has 1 aromatic carbocycles. The predicted octanol–water partition coefficient (Wildman–Crippen LogP) is 1.85. The number of nitrogens with one attached hydrogen (secondary N) is 1. The Bertz CT molecular complexity index is 763. The highest BCUT2D eigenvalue weighted by Gasteiger charge is 2.38. The second-order valence-corrected chi connectivity index (χ2v) is 8.63. The van der Waals surface area contributed by atoms with Crippen LogP contribution in [-0.2, 0) is 25.7 Å². The van der Waals surface area contributed by atoms with E-state index >= 15 is 0 Å². The van der Waals surface area contributed by atoms with Gasteiger partial charge in [0.15, 0.2) is 0 Å². The number of hydrogen-bond acceptors (Lipinski definition) is 4. The Labute approximate surface area is 177 Å². The lowest BCUT2D eigenvalue weighted by molar-refractivity contribution is -0.141. The van der Waals surface area contributed by atoms with Crippen LogP contribution in [0.2, 0.25) is 0 Å². The van der Waals surface area contributed by atoms with Gasteiger partial charge in [-0.15, -0.1) is 0 Å². The predicted molar refractivity (Wildman–Crippen MR) is 111 cm³/mol. The van der Waals surface area contributed by atoms with E-state index in [0.29, 0.717) is 32.5 Å². The van der Waals surface area contributed by atoms with Crippen LogP contribution >= 0.6 is 0 Å². The summed E-state index contributed by atoms with van der Waals surface area (Å²) < 4.78 is 6.21. The van der Waals surface area contributed by atoms with Crippen molar-refractivity contribution in [1.82, 2.24) is 15.1 Å². The molecule has 3 aliphatic rings. The van der Waals surface area contributed by atoms with Gasteiger partial charge in [0.05, 0.1) is 19.3 Å². The van der Waals surface area contributed by atoms with Crippen molar-refractivity contribution < 1.29 is 19.1 Å². The molecule has 4 rings (SSSR count). The number of nitrogens with zero attached hydrogens (tertiary/aromatic N) is 2. The van der Waals surface area contributed by atoms with Crippen molar-refractivity contribution in [2.45, 2.75) is 69.7 Å². The van der Waals surface area contributed by atoms with E-state index in [-0.39, 0.29) is 36.4 Å². The zero-order valence-electron chi connectivity index (χ0n) is 17.4. The summed E-state index contributed by atoms with van der Waals surface area (Å²) in [6.45, 7) is 1.39. The monoisotopic (exact) mass is 413 g/mol. The zero-order chi connectivity index (χ0) is 20.9. The third kappa shape index (κ3) is 5.01. The third-order valence-corrected chi connectivity index (χ3v) is 6.42. The molecule has 2 aliphatic heterocycles. The first-order chi connectivity index (χ1) is 14.6. The van der Waals surface area contributed by atoms with Crippen LogP contribution in [0.15, 0.2) is 30.3 Å². The molecule has 3 amide bonds. The fourth-order valence-corrected chi connectivity index (χ4v) is 4.77. The first kappa shape index (κ1) is 20.8. The van der Waals surface area contributed by atoms with Crippen LogP contribution in [0.1, 0.15) is 50.5 Å². The van der Waals surface area contributed by atoms with Crippen LogP contribution in [0.4, 0.5) is 0 Å². The number of carbonyl (C=O) groups excluding carboxylic acids is 3. The molecule has 1 aliphatic carbocycles. The van der Waals surface area contributed by atoms with Gasteiger partial charge in [-0.1, -0.05) is 49.6 Å².